The predicted octanol–water partition coefficient (Wildman–Crippen LogP) is 3.68. The van der Waals surface area contributed by atoms with Gasteiger partial charge in [0.15, 0.2) is 5.65 Å². The first kappa shape index (κ1) is 16.0. The van der Waals surface area contributed by atoms with Crippen LogP contribution >= 0.6 is 11.8 Å². The zero-order valence-electron chi connectivity index (χ0n) is 14.3. The first-order valence-corrected chi connectivity index (χ1v) is 9.65. The molecule has 3 aromatic heterocycles. The van der Waals surface area contributed by atoms with E-state index in [0.717, 1.165) is 57.6 Å². The number of H-pyrrole nitrogens is 1. The van der Waals surface area contributed by atoms with E-state index in [2.05, 4.69) is 39.0 Å². The molecule has 0 unspecified atom stereocenters. The molecule has 0 amide bonds. The second-order valence-electron chi connectivity index (χ2n) is 5.97. The van der Waals surface area contributed by atoms with Gasteiger partial charge >= 0.3 is 0 Å². The van der Waals surface area contributed by atoms with Crippen molar-refractivity contribution >= 4 is 39.4 Å². The molecule has 4 aromatic rings. The second kappa shape index (κ2) is 6.76. The first-order chi connectivity index (χ1) is 12.3. The van der Waals surface area contributed by atoms with Gasteiger partial charge in [0, 0.05) is 30.2 Å². The molecule has 3 heterocycles. The molecule has 0 radical (unpaired) electrons. The number of hydrogen-bond donors (Lipinski definition) is 2. The Morgan fingerprint density at radius 2 is 2.16 bits per heavy atom. The van der Waals surface area contributed by atoms with Crippen molar-refractivity contribution in [3.63, 3.8) is 0 Å². The molecule has 0 saturated carbocycles. The van der Waals surface area contributed by atoms with Gasteiger partial charge in [-0.15, -0.1) is 0 Å². The Kier molecular flexibility index (Phi) is 4.31. The normalized spacial score (nSPS) is 11.4. The van der Waals surface area contributed by atoms with Gasteiger partial charge in [0.25, 0.3) is 0 Å². The van der Waals surface area contributed by atoms with Crippen LogP contribution < -0.4 is 5.32 Å². The number of hydrogen-bond acceptors (Lipinski definition) is 5. The van der Waals surface area contributed by atoms with Crippen LogP contribution in [0.4, 0.5) is 5.69 Å². The lowest BCUT2D eigenvalue weighted by Crippen LogP contribution is -2.04. The second-order valence-corrected chi connectivity index (χ2v) is 6.96. The van der Waals surface area contributed by atoms with Gasteiger partial charge in [0.05, 0.1) is 29.0 Å². The molecule has 0 atom stereocenters. The summed E-state index contributed by atoms with van der Waals surface area (Å²) in [5.74, 6) is 1.15. The summed E-state index contributed by atoms with van der Waals surface area (Å²) < 4.78 is 1.82. The van der Waals surface area contributed by atoms with Crippen molar-refractivity contribution in [2.45, 2.75) is 6.42 Å². The molecular weight excluding hydrogens is 332 g/mol. The number of aromatic amines is 1. The van der Waals surface area contributed by atoms with Crippen molar-refractivity contribution in [3.05, 3.63) is 36.7 Å². The van der Waals surface area contributed by atoms with Crippen molar-refractivity contribution in [2.75, 3.05) is 23.9 Å². The highest BCUT2D eigenvalue weighted by Crippen LogP contribution is 2.31. The lowest BCUT2D eigenvalue weighted by molar-refractivity contribution is 0.787. The number of fused-ring (bicyclic) bond motifs is 2. The molecule has 6 nitrogen and oxygen atoms in total. The molecule has 0 aliphatic carbocycles. The summed E-state index contributed by atoms with van der Waals surface area (Å²) in [5.41, 5.74) is 4.97. The summed E-state index contributed by atoms with van der Waals surface area (Å²) in [6, 6.07) is 8.25. The van der Waals surface area contributed by atoms with E-state index < -0.39 is 0 Å². The fourth-order valence-corrected chi connectivity index (χ4v) is 3.46. The van der Waals surface area contributed by atoms with Gasteiger partial charge in [-0.25, -0.2) is 4.98 Å². The largest absolute Gasteiger partial charge is 0.384 e. The van der Waals surface area contributed by atoms with Crippen LogP contribution in [-0.2, 0) is 7.05 Å². The molecule has 0 bridgehead atoms. The smallest absolute Gasteiger partial charge is 0.160 e. The van der Waals surface area contributed by atoms with Crippen LogP contribution in [0.1, 0.15) is 6.42 Å². The molecule has 7 heteroatoms. The quantitative estimate of drug-likeness (QED) is 0.518. The number of thioether (sulfide) groups is 1. The zero-order chi connectivity index (χ0) is 17.2. The van der Waals surface area contributed by atoms with Gasteiger partial charge in [-0.1, -0.05) is 12.1 Å². The summed E-state index contributed by atoms with van der Waals surface area (Å²) in [4.78, 5) is 4.85. The number of aromatic nitrogens is 5. The van der Waals surface area contributed by atoms with Gasteiger partial charge in [-0.2, -0.15) is 22.0 Å². The van der Waals surface area contributed by atoms with Crippen LogP contribution in [0.5, 0.6) is 0 Å². The van der Waals surface area contributed by atoms with E-state index in [-0.39, 0.29) is 0 Å². The van der Waals surface area contributed by atoms with Crippen molar-refractivity contribution in [1.29, 1.82) is 0 Å². The molecule has 0 aliphatic heterocycles. The van der Waals surface area contributed by atoms with Crippen LogP contribution in [0.2, 0.25) is 0 Å². The molecular formula is C18H20N6S. The molecule has 0 spiro atoms. The van der Waals surface area contributed by atoms with E-state index in [1.807, 2.05) is 48.0 Å². The van der Waals surface area contributed by atoms with Crippen LogP contribution in [0.15, 0.2) is 36.7 Å². The summed E-state index contributed by atoms with van der Waals surface area (Å²) in [5, 5.41) is 17.2. The van der Waals surface area contributed by atoms with Crippen molar-refractivity contribution < 1.29 is 0 Å². The molecule has 128 valence electrons. The summed E-state index contributed by atoms with van der Waals surface area (Å²) in [6.45, 7) is 0.935. The Bertz CT molecular complexity index is 1020. The lowest BCUT2D eigenvalue weighted by atomic mass is 10.1. The maximum absolute atomic E-state index is 4.85. The molecule has 0 aliphatic rings. The predicted molar refractivity (Wildman–Crippen MR) is 105 cm³/mol. The monoisotopic (exact) mass is 352 g/mol. The fourth-order valence-electron chi connectivity index (χ4n) is 3.03. The fraction of sp³-hybridized carbons (Fsp3) is 0.278. The van der Waals surface area contributed by atoms with E-state index in [1.54, 1.807) is 0 Å². The average Bonchev–Trinajstić information content (AvgIpc) is 3.25. The van der Waals surface area contributed by atoms with Crippen LogP contribution in [0, 0.1) is 0 Å². The zero-order valence-corrected chi connectivity index (χ0v) is 15.1. The molecule has 1 aromatic carbocycles. The minimum absolute atomic E-state index is 0.880. The summed E-state index contributed by atoms with van der Waals surface area (Å²) in [6.07, 6.45) is 6.99. The maximum atomic E-state index is 4.85. The highest BCUT2D eigenvalue weighted by Gasteiger charge is 2.13. The number of anilines is 1. The maximum Gasteiger partial charge on any atom is 0.160 e. The number of nitrogens with one attached hydrogen (secondary N) is 2. The van der Waals surface area contributed by atoms with E-state index in [0.29, 0.717) is 0 Å². The topological polar surface area (TPSA) is 71.4 Å². The van der Waals surface area contributed by atoms with E-state index >= 15 is 0 Å². The van der Waals surface area contributed by atoms with Crippen molar-refractivity contribution in [1.82, 2.24) is 25.0 Å². The number of benzene rings is 1. The molecule has 25 heavy (non-hydrogen) atoms. The van der Waals surface area contributed by atoms with Crippen LogP contribution in [0.25, 0.3) is 33.2 Å². The minimum Gasteiger partial charge on any atom is -0.384 e. The Morgan fingerprint density at radius 1 is 1.24 bits per heavy atom. The van der Waals surface area contributed by atoms with Gasteiger partial charge in [0.1, 0.15) is 0 Å². The average molecular weight is 352 g/mol. The number of rotatable bonds is 6. The minimum atomic E-state index is 0.880. The highest BCUT2D eigenvalue weighted by atomic mass is 32.2. The number of pyridine rings is 1. The third kappa shape index (κ3) is 2.95. The molecule has 0 fully saturated rings. The highest BCUT2D eigenvalue weighted by molar-refractivity contribution is 7.98. The van der Waals surface area contributed by atoms with Gasteiger partial charge in [-0.3, -0.25) is 9.78 Å². The third-order valence-corrected chi connectivity index (χ3v) is 5.00. The Balaban J connectivity index is 1.81. The third-order valence-electron chi connectivity index (χ3n) is 4.31. The molecule has 2 N–H and O–H groups in total. The van der Waals surface area contributed by atoms with Crippen LogP contribution in [-0.4, -0.2) is 43.5 Å². The van der Waals surface area contributed by atoms with Gasteiger partial charge in [0.2, 0.25) is 0 Å². The Labute approximate surface area is 150 Å². The molecule has 0 saturated heterocycles. The number of aryl methyl sites for hydroxylation is 1. The first-order valence-electron chi connectivity index (χ1n) is 8.26. The SMILES string of the molecule is CSCCCNc1cc(-c2cccc3[nH]ncc23)nc2c1cnn2C. The standard InChI is InChI=1S/C18H20N6S/c1-24-18-14(11-21-24)16(19-7-4-8-25-2)9-17(22-18)12-5-3-6-15-13(12)10-20-23-15/h3,5-6,9-11H,4,7-8H2,1-2H3,(H,19,22)(H,20,23). The van der Waals surface area contributed by atoms with E-state index in [1.165, 1.54) is 0 Å². The van der Waals surface area contributed by atoms with Gasteiger partial charge in [-0.05, 0) is 30.6 Å². The van der Waals surface area contributed by atoms with Crippen molar-refractivity contribution in [2.24, 2.45) is 7.05 Å². The Morgan fingerprint density at radius 3 is 3.04 bits per heavy atom. The summed E-state index contributed by atoms with van der Waals surface area (Å²) >= 11 is 1.87. The summed E-state index contributed by atoms with van der Waals surface area (Å²) in [7, 11) is 1.93. The lowest BCUT2D eigenvalue weighted by Gasteiger charge is -2.10. The van der Waals surface area contributed by atoms with Crippen molar-refractivity contribution in [3.8, 4) is 11.3 Å². The Hall–Kier alpha value is -2.54. The van der Waals surface area contributed by atoms with E-state index in [9.17, 15) is 0 Å². The van der Waals surface area contributed by atoms with Gasteiger partial charge < -0.3 is 5.32 Å². The van der Waals surface area contributed by atoms with E-state index in [4.69, 9.17) is 4.98 Å². The number of nitrogens with zero attached hydrogens (tertiary/aromatic N) is 4. The molecule has 4 rings (SSSR count). The van der Waals surface area contributed by atoms with Crippen LogP contribution in [0.3, 0.4) is 0 Å².